The van der Waals surface area contributed by atoms with E-state index in [1.807, 2.05) is 23.1 Å². The van der Waals surface area contributed by atoms with Gasteiger partial charge in [-0.1, -0.05) is 11.6 Å². The third-order valence-electron chi connectivity index (χ3n) is 5.39. The lowest BCUT2D eigenvalue weighted by molar-refractivity contribution is -0.128. The number of ether oxygens (including phenoxy) is 1. The van der Waals surface area contributed by atoms with E-state index in [9.17, 15) is 4.79 Å². The van der Waals surface area contributed by atoms with Crippen LogP contribution in [-0.2, 0) is 4.79 Å². The first-order valence-corrected chi connectivity index (χ1v) is 9.48. The van der Waals surface area contributed by atoms with Crippen molar-refractivity contribution in [1.29, 1.82) is 0 Å². The molecule has 1 aromatic carbocycles. The fourth-order valence-corrected chi connectivity index (χ4v) is 4.15. The van der Waals surface area contributed by atoms with E-state index in [1.165, 1.54) is 0 Å². The Morgan fingerprint density at radius 2 is 2.08 bits per heavy atom. The lowest BCUT2D eigenvalue weighted by atomic mass is 10.2. The molecule has 0 radical (unpaired) electrons. The molecule has 1 amide bonds. The smallest absolute Gasteiger partial charge is 0.242 e. The van der Waals surface area contributed by atoms with Crippen LogP contribution in [0.25, 0.3) is 0 Å². The van der Waals surface area contributed by atoms with Crippen molar-refractivity contribution in [1.82, 2.24) is 15.1 Å². The molecule has 136 valence electrons. The Balaban J connectivity index is 1.38. The quantitative estimate of drug-likeness (QED) is 0.868. The maximum Gasteiger partial charge on any atom is 0.242 e. The number of fused-ring (bicyclic) bond motifs is 1. The number of likely N-dealkylation sites (tertiary alicyclic amines) is 1. The standard InChI is InChI=1S/C18H25ClN4O2/c19-14-1-2-17-16(11-14)22(9-10-25-17)13-18(24)23-6-3-15(12-23)21-7-4-20-5-8-21/h1-2,11,15,20H,3-10,12-13H2. The van der Waals surface area contributed by atoms with Gasteiger partial charge in [0.05, 0.1) is 18.8 Å². The number of nitrogens with one attached hydrogen (secondary N) is 1. The molecule has 0 aliphatic carbocycles. The Kier molecular flexibility index (Phi) is 5.01. The van der Waals surface area contributed by atoms with Gasteiger partial charge in [-0.3, -0.25) is 9.69 Å². The second-order valence-corrected chi connectivity index (χ2v) is 7.39. The predicted octanol–water partition coefficient (Wildman–Crippen LogP) is 1.04. The minimum absolute atomic E-state index is 0.199. The fraction of sp³-hybridized carbons (Fsp3) is 0.611. The van der Waals surface area contributed by atoms with Gasteiger partial charge < -0.3 is 19.9 Å². The van der Waals surface area contributed by atoms with Gasteiger partial charge in [0, 0.05) is 50.3 Å². The van der Waals surface area contributed by atoms with Crippen molar-refractivity contribution in [2.45, 2.75) is 12.5 Å². The molecule has 6 nitrogen and oxygen atoms in total. The number of benzene rings is 1. The Morgan fingerprint density at radius 3 is 2.92 bits per heavy atom. The maximum absolute atomic E-state index is 12.8. The van der Waals surface area contributed by atoms with Crippen molar-refractivity contribution < 1.29 is 9.53 Å². The molecule has 0 bridgehead atoms. The van der Waals surface area contributed by atoms with Gasteiger partial charge in [0.1, 0.15) is 12.4 Å². The Morgan fingerprint density at radius 1 is 1.24 bits per heavy atom. The normalized spacial score (nSPS) is 24.1. The van der Waals surface area contributed by atoms with Crippen molar-refractivity contribution >= 4 is 23.2 Å². The summed E-state index contributed by atoms with van der Waals surface area (Å²) in [6.45, 7) is 7.70. The Labute approximate surface area is 153 Å². The molecule has 1 unspecified atom stereocenters. The number of amides is 1. The van der Waals surface area contributed by atoms with Crippen LogP contribution in [0.1, 0.15) is 6.42 Å². The van der Waals surface area contributed by atoms with Crippen molar-refractivity contribution in [2.75, 3.05) is 63.9 Å². The summed E-state index contributed by atoms with van der Waals surface area (Å²) in [5.74, 6) is 1.01. The third kappa shape index (κ3) is 3.71. The summed E-state index contributed by atoms with van der Waals surface area (Å²) in [7, 11) is 0. The summed E-state index contributed by atoms with van der Waals surface area (Å²) >= 11 is 6.12. The van der Waals surface area contributed by atoms with Crippen molar-refractivity contribution in [3.63, 3.8) is 0 Å². The number of halogens is 1. The van der Waals surface area contributed by atoms with Crippen molar-refractivity contribution in [3.05, 3.63) is 23.2 Å². The van der Waals surface area contributed by atoms with Crippen LogP contribution in [-0.4, -0.2) is 80.7 Å². The molecule has 1 aromatic rings. The molecule has 3 aliphatic heterocycles. The van der Waals surface area contributed by atoms with Gasteiger partial charge in [-0.2, -0.15) is 0 Å². The van der Waals surface area contributed by atoms with E-state index in [0.717, 1.165) is 57.1 Å². The average Bonchev–Trinajstić information content (AvgIpc) is 3.13. The number of anilines is 1. The second-order valence-electron chi connectivity index (χ2n) is 6.95. The summed E-state index contributed by atoms with van der Waals surface area (Å²) in [5.41, 5.74) is 0.921. The predicted molar refractivity (Wildman–Crippen MR) is 98.6 cm³/mol. The molecular weight excluding hydrogens is 340 g/mol. The highest BCUT2D eigenvalue weighted by molar-refractivity contribution is 6.31. The fourth-order valence-electron chi connectivity index (χ4n) is 3.99. The van der Waals surface area contributed by atoms with Crippen LogP contribution in [0.2, 0.25) is 5.02 Å². The maximum atomic E-state index is 12.8. The molecule has 1 atom stereocenters. The summed E-state index contributed by atoms with van der Waals surface area (Å²) in [4.78, 5) is 19.4. The highest BCUT2D eigenvalue weighted by Gasteiger charge is 2.32. The SMILES string of the molecule is O=C(CN1CCOc2ccc(Cl)cc21)N1CCC(N2CCNCC2)C1. The van der Waals surface area contributed by atoms with Gasteiger partial charge in [-0.15, -0.1) is 0 Å². The van der Waals surface area contributed by atoms with Crippen LogP contribution < -0.4 is 15.0 Å². The third-order valence-corrected chi connectivity index (χ3v) is 5.63. The molecule has 25 heavy (non-hydrogen) atoms. The van der Waals surface area contributed by atoms with Gasteiger partial charge in [0.2, 0.25) is 5.91 Å². The molecule has 4 rings (SSSR count). The molecule has 1 N–H and O–H groups in total. The van der Waals surface area contributed by atoms with Crippen LogP contribution >= 0.6 is 11.6 Å². The first kappa shape index (κ1) is 16.9. The van der Waals surface area contributed by atoms with Crippen molar-refractivity contribution in [2.24, 2.45) is 0 Å². The van der Waals surface area contributed by atoms with Crippen LogP contribution in [0.3, 0.4) is 0 Å². The first-order chi connectivity index (χ1) is 12.2. The molecule has 0 saturated carbocycles. The number of hydrogen-bond donors (Lipinski definition) is 1. The van der Waals surface area contributed by atoms with E-state index in [0.29, 0.717) is 30.8 Å². The van der Waals surface area contributed by atoms with Crippen LogP contribution in [0.5, 0.6) is 5.75 Å². The topological polar surface area (TPSA) is 48.1 Å². The lowest BCUT2D eigenvalue weighted by Gasteiger charge is -2.33. The van der Waals surface area contributed by atoms with Crippen LogP contribution in [0.15, 0.2) is 18.2 Å². The van der Waals surface area contributed by atoms with E-state index in [-0.39, 0.29) is 5.91 Å². The summed E-state index contributed by atoms with van der Waals surface area (Å²) in [5, 5.41) is 4.06. The average molecular weight is 365 g/mol. The second kappa shape index (κ2) is 7.40. The molecule has 7 heteroatoms. The molecule has 0 aromatic heterocycles. The van der Waals surface area contributed by atoms with E-state index < -0.39 is 0 Å². The lowest BCUT2D eigenvalue weighted by Crippen LogP contribution is -2.50. The number of carbonyl (C=O) groups excluding carboxylic acids is 1. The monoisotopic (exact) mass is 364 g/mol. The van der Waals surface area contributed by atoms with Crippen molar-refractivity contribution in [3.8, 4) is 5.75 Å². The van der Waals surface area contributed by atoms with Gasteiger partial charge in [-0.25, -0.2) is 0 Å². The molecule has 3 aliphatic rings. The van der Waals surface area contributed by atoms with Gasteiger partial charge in [-0.05, 0) is 24.6 Å². The summed E-state index contributed by atoms with van der Waals surface area (Å²) in [6.07, 6.45) is 1.08. The first-order valence-electron chi connectivity index (χ1n) is 9.10. The zero-order valence-electron chi connectivity index (χ0n) is 14.4. The number of piperazine rings is 1. The number of hydrogen-bond acceptors (Lipinski definition) is 5. The highest BCUT2D eigenvalue weighted by atomic mass is 35.5. The number of rotatable bonds is 3. The Hall–Kier alpha value is -1.50. The van der Waals surface area contributed by atoms with E-state index in [2.05, 4.69) is 15.1 Å². The van der Waals surface area contributed by atoms with Crippen LogP contribution in [0, 0.1) is 0 Å². The summed E-state index contributed by atoms with van der Waals surface area (Å²) < 4.78 is 5.67. The van der Waals surface area contributed by atoms with Gasteiger partial charge in [0.25, 0.3) is 0 Å². The highest BCUT2D eigenvalue weighted by Crippen LogP contribution is 2.34. The molecule has 3 heterocycles. The zero-order valence-corrected chi connectivity index (χ0v) is 15.2. The van der Waals surface area contributed by atoms with E-state index >= 15 is 0 Å². The largest absolute Gasteiger partial charge is 0.490 e. The minimum Gasteiger partial charge on any atom is -0.490 e. The molecule has 2 fully saturated rings. The molecule has 2 saturated heterocycles. The van der Waals surface area contributed by atoms with E-state index in [1.54, 1.807) is 0 Å². The summed E-state index contributed by atoms with van der Waals surface area (Å²) in [6, 6.07) is 6.10. The van der Waals surface area contributed by atoms with Crippen LogP contribution in [0.4, 0.5) is 5.69 Å². The number of nitrogens with zero attached hydrogens (tertiary/aromatic N) is 3. The van der Waals surface area contributed by atoms with Gasteiger partial charge >= 0.3 is 0 Å². The molecular formula is C18H25ClN4O2. The molecule has 0 spiro atoms. The Bertz CT molecular complexity index is 636. The zero-order chi connectivity index (χ0) is 17.2. The van der Waals surface area contributed by atoms with Gasteiger partial charge in [0.15, 0.2) is 0 Å². The minimum atomic E-state index is 0.199. The van der Waals surface area contributed by atoms with E-state index in [4.69, 9.17) is 16.3 Å². The number of carbonyl (C=O) groups is 1.